The first-order valence-corrected chi connectivity index (χ1v) is 7.88. The zero-order valence-electron chi connectivity index (χ0n) is 12.3. The zero-order valence-corrected chi connectivity index (χ0v) is 12.3. The summed E-state index contributed by atoms with van der Waals surface area (Å²) in [5.41, 5.74) is 1.17. The summed E-state index contributed by atoms with van der Waals surface area (Å²) in [6, 6.07) is 4.59. The van der Waals surface area contributed by atoms with Gasteiger partial charge >= 0.3 is 0 Å². The molecule has 0 bridgehead atoms. The van der Waals surface area contributed by atoms with Gasteiger partial charge in [0.25, 0.3) is 0 Å². The molecule has 0 amide bonds. The molecule has 110 valence electrons. The SMILES string of the molecule is COC1CCCCC1Nc1cccnc1N1CCCC1. The Morgan fingerprint density at radius 1 is 1.20 bits per heavy atom. The smallest absolute Gasteiger partial charge is 0.151 e. The molecule has 2 heterocycles. The van der Waals surface area contributed by atoms with E-state index >= 15 is 0 Å². The first-order chi connectivity index (χ1) is 9.88. The Hall–Kier alpha value is -1.29. The van der Waals surface area contributed by atoms with Crippen LogP contribution >= 0.6 is 0 Å². The van der Waals surface area contributed by atoms with Crippen LogP contribution in [0.2, 0.25) is 0 Å². The number of hydrogen-bond donors (Lipinski definition) is 1. The minimum absolute atomic E-state index is 0.329. The van der Waals surface area contributed by atoms with Crippen LogP contribution < -0.4 is 10.2 Å². The zero-order chi connectivity index (χ0) is 13.8. The van der Waals surface area contributed by atoms with Gasteiger partial charge in [-0.25, -0.2) is 4.98 Å². The van der Waals surface area contributed by atoms with Gasteiger partial charge in [-0.05, 0) is 37.8 Å². The largest absolute Gasteiger partial charge is 0.379 e. The number of hydrogen-bond acceptors (Lipinski definition) is 4. The van der Waals surface area contributed by atoms with Crippen molar-refractivity contribution in [2.24, 2.45) is 0 Å². The lowest BCUT2D eigenvalue weighted by molar-refractivity contribution is 0.0606. The summed E-state index contributed by atoms with van der Waals surface area (Å²) < 4.78 is 5.64. The number of rotatable bonds is 4. The Kier molecular flexibility index (Phi) is 4.41. The number of nitrogens with zero attached hydrogens (tertiary/aromatic N) is 2. The van der Waals surface area contributed by atoms with E-state index in [1.807, 2.05) is 19.4 Å². The van der Waals surface area contributed by atoms with Crippen LogP contribution in [0.15, 0.2) is 18.3 Å². The first-order valence-electron chi connectivity index (χ1n) is 7.88. The third-order valence-corrected chi connectivity index (χ3v) is 4.54. The van der Waals surface area contributed by atoms with Crippen molar-refractivity contribution in [3.8, 4) is 0 Å². The summed E-state index contributed by atoms with van der Waals surface area (Å²) in [6.07, 6.45) is 9.70. The second-order valence-electron chi connectivity index (χ2n) is 5.88. The van der Waals surface area contributed by atoms with Crippen molar-refractivity contribution >= 4 is 11.5 Å². The predicted molar refractivity (Wildman–Crippen MR) is 82.4 cm³/mol. The van der Waals surface area contributed by atoms with E-state index in [1.54, 1.807) is 0 Å². The van der Waals surface area contributed by atoms with Gasteiger partial charge in [0.05, 0.1) is 17.8 Å². The van der Waals surface area contributed by atoms with E-state index in [0.717, 1.165) is 25.3 Å². The molecule has 2 fully saturated rings. The molecular formula is C16H25N3O. The second-order valence-corrected chi connectivity index (χ2v) is 5.88. The fraction of sp³-hybridized carbons (Fsp3) is 0.688. The quantitative estimate of drug-likeness (QED) is 0.916. The number of aromatic nitrogens is 1. The van der Waals surface area contributed by atoms with Crippen molar-refractivity contribution in [2.75, 3.05) is 30.4 Å². The van der Waals surface area contributed by atoms with Gasteiger partial charge in [0.1, 0.15) is 0 Å². The van der Waals surface area contributed by atoms with Crippen LogP contribution in [-0.4, -0.2) is 37.3 Å². The Balaban J connectivity index is 1.75. The average molecular weight is 275 g/mol. The maximum atomic E-state index is 5.64. The third-order valence-electron chi connectivity index (χ3n) is 4.54. The van der Waals surface area contributed by atoms with Gasteiger partial charge < -0.3 is 15.0 Å². The molecule has 0 aromatic carbocycles. The lowest BCUT2D eigenvalue weighted by Crippen LogP contribution is -2.38. The summed E-state index contributed by atoms with van der Waals surface area (Å²) >= 11 is 0. The van der Waals surface area contributed by atoms with Gasteiger partial charge in [-0.1, -0.05) is 12.8 Å². The molecule has 1 saturated carbocycles. The van der Waals surface area contributed by atoms with Crippen molar-refractivity contribution in [3.05, 3.63) is 18.3 Å². The van der Waals surface area contributed by atoms with Crippen LogP contribution in [-0.2, 0) is 4.74 Å². The van der Waals surface area contributed by atoms with Gasteiger partial charge in [0, 0.05) is 26.4 Å². The summed E-state index contributed by atoms with van der Waals surface area (Å²) in [5.74, 6) is 1.12. The van der Waals surface area contributed by atoms with Gasteiger partial charge in [-0.3, -0.25) is 0 Å². The fourth-order valence-corrected chi connectivity index (χ4v) is 3.43. The van der Waals surface area contributed by atoms with E-state index in [4.69, 9.17) is 4.74 Å². The number of ether oxygens (including phenoxy) is 1. The van der Waals surface area contributed by atoms with Crippen LogP contribution in [0, 0.1) is 0 Å². The van der Waals surface area contributed by atoms with E-state index in [1.165, 1.54) is 37.8 Å². The highest BCUT2D eigenvalue weighted by Crippen LogP contribution is 2.30. The minimum Gasteiger partial charge on any atom is -0.379 e. The Morgan fingerprint density at radius 3 is 2.80 bits per heavy atom. The highest BCUT2D eigenvalue weighted by atomic mass is 16.5. The number of anilines is 2. The maximum Gasteiger partial charge on any atom is 0.151 e. The maximum absolute atomic E-state index is 5.64. The molecule has 0 spiro atoms. The van der Waals surface area contributed by atoms with Crippen LogP contribution in [0.4, 0.5) is 11.5 Å². The van der Waals surface area contributed by atoms with Gasteiger partial charge in [0.2, 0.25) is 0 Å². The standard InChI is InChI=1S/C16H25N3O/c1-20-15-9-3-2-7-13(15)18-14-8-6-10-17-16(14)19-11-4-5-12-19/h6,8,10,13,15,18H,2-5,7,9,11-12H2,1H3. The molecule has 3 rings (SSSR count). The molecule has 2 unspecified atom stereocenters. The highest BCUT2D eigenvalue weighted by Gasteiger charge is 2.26. The predicted octanol–water partition coefficient (Wildman–Crippen LogP) is 3.05. The van der Waals surface area contributed by atoms with E-state index in [-0.39, 0.29) is 0 Å². The fourth-order valence-electron chi connectivity index (χ4n) is 3.43. The molecule has 1 aromatic rings. The lowest BCUT2D eigenvalue weighted by atomic mass is 9.92. The molecule has 20 heavy (non-hydrogen) atoms. The van der Waals surface area contributed by atoms with E-state index < -0.39 is 0 Å². The van der Waals surface area contributed by atoms with Crippen molar-refractivity contribution in [1.82, 2.24) is 4.98 Å². The molecule has 1 aliphatic carbocycles. The molecule has 1 aliphatic heterocycles. The van der Waals surface area contributed by atoms with Gasteiger partial charge in [-0.15, -0.1) is 0 Å². The molecule has 4 heteroatoms. The highest BCUT2D eigenvalue weighted by molar-refractivity contribution is 5.66. The normalized spacial score (nSPS) is 26.8. The Bertz CT molecular complexity index is 431. The van der Waals surface area contributed by atoms with Crippen LogP contribution in [0.3, 0.4) is 0 Å². The average Bonchev–Trinajstić information content (AvgIpc) is 3.02. The third kappa shape index (κ3) is 2.90. The summed E-state index contributed by atoms with van der Waals surface area (Å²) in [4.78, 5) is 7.00. The Morgan fingerprint density at radius 2 is 2.00 bits per heavy atom. The van der Waals surface area contributed by atoms with Crippen molar-refractivity contribution < 1.29 is 4.74 Å². The molecule has 1 aromatic heterocycles. The van der Waals surface area contributed by atoms with Gasteiger partial charge in [-0.2, -0.15) is 0 Å². The topological polar surface area (TPSA) is 37.4 Å². The van der Waals surface area contributed by atoms with Crippen molar-refractivity contribution in [2.45, 2.75) is 50.7 Å². The molecule has 2 atom stereocenters. The molecule has 1 N–H and O–H groups in total. The van der Waals surface area contributed by atoms with Crippen LogP contribution in [0.5, 0.6) is 0 Å². The first kappa shape index (κ1) is 13.7. The van der Waals surface area contributed by atoms with E-state index in [2.05, 4.69) is 21.3 Å². The van der Waals surface area contributed by atoms with Crippen LogP contribution in [0.25, 0.3) is 0 Å². The minimum atomic E-state index is 0.329. The summed E-state index contributed by atoms with van der Waals surface area (Å²) in [6.45, 7) is 2.26. The van der Waals surface area contributed by atoms with Crippen molar-refractivity contribution in [3.63, 3.8) is 0 Å². The van der Waals surface area contributed by atoms with Crippen molar-refractivity contribution in [1.29, 1.82) is 0 Å². The Labute approximate surface area is 121 Å². The van der Waals surface area contributed by atoms with E-state index in [0.29, 0.717) is 12.1 Å². The lowest BCUT2D eigenvalue weighted by Gasteiger charge is -2.33. The van der Waals surface area contributed by atoms with Crippen LogP contribution in [0.1, 0.15) is 38.5 Å². The molecule has 0 radical (unpaired) electrons. The number of pyridine rings is 1. The summed E-state index contributed by atoms with van der Waals surface area (Å²) in [5, 5.41) is 3.70. The molecule has 2 aliphatic rings. The van der Waals surface area contributed by atoms with E-state index in [9.17, 15) is 0 Å². The number of nitrogens with one attached hydrogen (secondary N) is 1. The molecule has 4 nitrogen and oxygen atoms in total. The summed E-state index contributed by atoms with van der Waals surface area (Å²) in [7, 11) is 1.83. The molecule has 1 saturated heterocycles. The monoisotopic (exact) mass is 275 g/mol. The number of methoxy groups -OCH3 is 1. The second kappa shape index (κ2) is 6.44. The molecular weight excluding hydrogens is 250 g/mol. The van der Waals surface area contributed by atoms with Gasteiger partial charge in [0.15, 0.2) is 5.82 Å².